The molecule has 0 aliphatic heterocycles. The molecule has 4 aromatic rings. The molecule has 0 unspecified atom stereocenters. The number of benzene rings is 2. The van der Waals surface area contributed by atoms with Gasteiger partial charge in [0.05, 0.1) is 11.1 Å². The topological polar surface area (TPSA) is 105 Å². The smallest absolute Gasteiger partial charge is 0.351 e. The fourth-order valence-electron chi connectivity index (χ4n) is 4.91. The lowest BCUT2D eigenvalue weighted by Gasteiger charge is -2.18. The Morgan fingerprint density at radius 2 is 1.02 bits per heavy atom. The van der Waals surface area contributed by atoms with Crippen LogP contribution in [0.1, 0.15) is 43.2 Å². The second-order valence-corrected chi connectivity index (χ2v) is 11.0. The van der Waals surface area contributed by atoms with Crippen molar-refractivity contribution in [1.82, 2.24) is 24.7 Å². The van der Waals surface area contributed by atoms with Gasteiger partial charge in [-0.25, -0.2) is 0 Å². The van der Waals surface area contributed by atoms with E-state index in [2.05, 4.69) is 10.6 Å². The maximum Gasteiger partial charge on any atom is 0.416 e. The van der Waals surface area contributed by atoms with Gasteiger partial charge in [-0.05, 0) is 81.6 Å². The minimum Gasteiger partial charge on any atom is -0.351 e. The highest BCUT2D eigenvalue weighted by Crippen LogP contribution is 2.31. The summed E-state index contributed by atoms with van der Waals surface area (Å²) < 4.78 is 81.4. The number of halogens is 6. The summed E-state index contributed by atoms with van der Waals surface area (Å²) in [6.07, 6.45) is -9.23. The number of rotatable bonds is 10. The summed E-state index contributed by atoms with van der Waals surface area (Å²) in [7, 11) is 1.69. The van der Waals surface area contributed by atoms with Gasteiger partial charge in [-0.15, -0.1) is 0 Å². The van der Waals surface area contributed by atoms with Gasteiger partial charge in [0.2, 0.25) is 0 Å². The Labute approximate surface area is 270 Å². The van der Waals surface area contributed by atoms with Gasteiger partial charge in [0, 0.05) is 48.9 Å². The predicted octanol–water partition coefficient (Wildman–Crippen LogP) is 4.73. The maximum absolute atomic E-state index is 13.2. The van der Waals surface area contributed by atoms with Crippen LogP contribution in [0.15, 0.2) is 82.4 Å². The van der Waals surface area contributed by atoms with Crippen molar-refractivity contribution in [1.29, 1.82) is 0 Å². The molecule has 2 N–H and O–H groups in total. The molecular weight excluding hydrogens is 644 g/mol. The number of hydrogen-bond acceptors (Lipinski definition) is 5. The van der Waals surface area contributed by atoms with E-state index in [-0.39, 0.29) is 48.7 Å². The summed E-state index contributed by atoms with van der Waals surface area (Å²) in [5.74, 6) is -1.45. The maximum atomic E-state index is 13.2. The Bertz CT molecular complexity index is 1810. The monoisotopic (exact) mass is 675 g/mol. The summed E-state index contributed by atoms with van der Waals surface area (Å²) in [4.78, 5) is 53.6. The van der Waals surface area contributed by atoms with Crippen LogP contribution in [0.3, 0.4) is 0 Å². The molecule has 0 saturated heterocycles. The van der Waals surface area contributed by atoms with Crippen LogP contribution in [-0.2, 0) is 12.4 Å². The molecule has 0 saturated carbocycles. The molecule has 2 amide bonds. The predicted molar refractivity (Wildman–Crippen MR) is 166 cm³/mol. The van der Waals surface area contributed by atoms with Crippen molar-refractivity contribution in [3.63, 3.8) is 0 Å². The second-order valence-electron chi connectivity index (χ2n) is 11.0. The quantitative estimate of drug-likeness (QED) is 0.237. The number of alkyl halides is 6. The van der Waals surface area contributed by atoms with Crippen molar-refractivity contribution in [2.75, 3.05) is 33.2 Å². The van der Waals surface area contributed by atoms with E-state index in [4.69, 9.17) is 0 Å². The highest BCUT2D eigenvalue weighted by Gasteiger charge is 2.32. The van der Waals surface area contributed by atoms with Gasteiger partial charge in [-0.3, -0.25) is 28.3 Å². The lowest BCUT2D eigenvalue weighted by atomic mass is 10.1. The zero-order valence-electron chi connectivity index (χ0n) is 26.0. The third-order valence-corrected chi connectivity index (χ3v) is 7.47. The average Bonchev–Trinajstić information content (AvgIpc) is 3.00. The number of hydrogen-bond donors (Lipinski definition) is 2. The van der Waals surface area contributed by atoms with Crippen molar-refractivity contribution >= 4 is 11.8 Å². The molecule has 0 radical (unpaired) electrons. The Kier molecular flexibility index (Phi) is 10.6. The molecular formula is C33H31F6N5O4. The summed E-state index contributed by atoms with van der Waals surface area (Å²) in [6.45, 7) is 3.79. The molecule has 0 aliphatic rings. The summed E-state index contributed by atoms with van der Waals surface area (Å²) in [5.41, 5.74) is -3.39. The first-order chi connectivity index (χ1) is 22.5. The fourth-order valence-corrected chi connectivity index (χ4v) is 4.91. The van der Waals surface area contributed by atoms with Crippen LogP contribution in [0.2, 0.25) is 0 Å². The number of pyridine rings is 2. The molecule has 9 nitrogen and oxygen atoms in total. The number of likely N-dealkylation sites (N-methyl/N-ethyl adjacent to an activating group) is 1. The molecule has 2 aromatic heterocycles. The van der Waals surface area contributed by atoms with Crippen LogP contribution in [0, 0.1) is 13.8 Å². The zero-order valence-corrected chi connectivity index (χ0v) is 26.0. The van der Waals surface area contributed by atoms with E-state index >= 15 is 0 Å². The van der Waals surface area contributed by atoms with Crippen molar-refractivity contribution in [3.8, 4) is 11.4 Å². The minimum atomic E-state index is -4.62. The van der Waals surface area contributed by atoms with Gasteiger partial charge in [-0.1, -0.05) is 12.1 Å². The zero-order chi connectivity index (χ0) is 35.4. The molecule has 254 valence electrons. The molecule has 0 aliphatic carbocycles. The standard InChI is InChI=1S/C33H31F6N5O4/c1-20-10-12-26(30(47)43(20)24-8-4-6-22(18-24)32(34,35)36)28(45)40-14-16-42(3)17-15-41-29(46)27-13-11-21(2)44(31(27)48)25-9-5-7-23(19-25)33(37,38)39/h4-13,18-19H,14-17H2,1-3H3,(H,40,45)(H,41,46). The third-order valence-electron chi connectivity index (χ3n) is 7.47. The van der Waals surface area contributed by atoms with E-state index in [0.29, 0.717) is 11.4 Å². The number of amides is 2. The fraction of sp³-hybridized carbons (Fsp3) is 0.273. The van der Waals surface area contributed by atoms with Crippen molar-refractivity contribution in [2.24, 2.45) is 0 Å². The minimum absolute atomic E-state index is 0.0380. The lowest BCUT2D eigenvalue weighted by Crippen LogP contribution is -2.40. The number of nitrogens with one attached hydrogen (secondary N) is 2. The van der Waals surface area contributed by atoms with Gasteiger partial charge in [0.25, 0.3) is 22.9 Å². The Morgan fingerprint density at radius 1 is 0.646 bits per heavy atom. The van der Waals surface area contributed by atoms with Gasteiger partial charge in [0.1, 0.15) is 11.1 Å². The van der Waals surface area contributed by atoms with Crippen LogP contribution < -0.4 is 21.8 Å². The molecule has 0 spiro atoms. The lowest BCUT2D eigenvalue weighted by molar-refractivity contribution is -0.138. The number of aryl methyl sites for hydroxylation is 2. The molecule has 4 rings (SSSR count). The molecule has 0 fully saturated rings. The van der Waals surface area contributed by atoms with Gasteiger partial charge >= 0.3 is 12.4 Å². The number of carbonyl (C=O) groups excluding carboxylic acids is 2. The largest absolute Gasteiger partial charge is 0.416 e. The summed E-state index contributed by atoms with van der Waals surface area (Å²) in [5, 5.41) is 5.20. The van der Waals surface area contributed by atoms with Crippen LogP contribution >= 0.6 is 0 Å². The van der Waals surface area contributed by atoms with Crippen molar-refractivity contribution < 1.29 is 35.9 Å². The summed E-state index contributed by atoms with van der Waals surface area (Å²) in [6, 6.07) is 13.9. The normalized spacial score (nSPS) is 11.9. The van der Waals surface area contributed by atoms with E-state index < -0.39 is 46.4 Å². The molecule has 0 bridgehead atoms. The van der Waals surface area contributed by atoms with Crippen LogP contribution in [-0.4, -0.2) is 59.1 Å². The molecule has 2 aromatic carbocycles. The highest BCUT2D eigenvalue weighted by atomic mass is 19.4. The Morgan fingerprint density at radius 3 is 1.38 bits per heavy atom. The van der Waals surface area contributed by atoms with Crippen LogP contribution in [0.4, 0.5) is 26.3 Å². The first-order valence-electron chi connectivity index (χ1n) is 14.5. The van der Waals surface area contributed by atoms with Gasteiger partial charge < -0.3 is 15.5 Å². The van der Waals surface area contributed by atoms with E-state index in [1.165, 1.54) is 62.4 Å². The van der Waals surface area contributed by atoms with E-state index in [1.54, 1.807) is 11.9 Å². The summed E-state index contributed by atoms with van der Waals surface area (Å²) >= 11 is 0. The Hall–Kier alpha value is -5.18. The van der Waals surface area contributed by atoms with E-state index in [9.17, 15) is 45.5 Å². The number of nitrogens with zero attached hydrogens (tertiary/aromatic N) is 3. The number of carbonyl (C=O) groups is 2. The van der Waals surface area contributed by atoms with Crippen LogP contribution in [0.25, 0.3) is 11.4 Å². The third kappa shape index (κ3) is 8.20. The number of aromatic nitrogens is 2. The molecule has 0 atom stereocenters. The average molecular weight is 676 g/mol. The molecule has 15 heteroatoms. The first-order valence-corrected chi connectivity index (χ1v) is 14.5. The van der Waals surface area contributed by atoms with E-state index in [1.807, 2.05) is 0 Å². The first kappa shape index (κ1) is 35.7. The SMILES string of the molecule is Cc1ccc(C(=O)NCCN(C)CCNC(=O)c2ccc(C)n(-c3cccc(C(F)(F)F)c3)c2=O)c(=O)n1-c1cccc(C(F)(F)F)c1. The van der Waals surface area contributed by atoms with Crippen molar-refractivity contribution in [2.45, 2.75) is 26.2 Å². The van der Waals surface area contributed by atoms with Gasteiger partial charge in [-0.2, -0.15) is 26.3 Å². The van der Waals surface area contributed by atoms with Crippen molar-refractivity contribution in [3.05, 3.63) is 127 Å². The second kappa shape index (κ2) is 14.3. The highest BCUT2D eigenvalue weighted by molar-refractivity contribution is 5.94. The van der Waals surface area contributed by atoms with E-state index in [0.717, 1.165) is 33.4 Å². The van der Waals surface area contributed by atoms with Crippen LogP contribution in [0.5, 0.6) is 0 Å². The Balaban J connectivity index is 1.34. The van der Waals surface area contributed by atoms with Gasteiger partial charge in [0.15, 0.2) is 0 Å². The molecule has 48 heavy (non-hydrogen) atoms. The molecule has 2 heterocycles.